The van der Waals surface area contributed by atoms with Gasteiger partial charge in [0, 0.05) is 10.9 Å². The molecular weight excluding hydrogens is 272 g/mol. The number of rotatable bonds is 3. The Morgan fingerprint density at radius 1 is 1.25 bits per heavy atom. The minimum Gasteiger partial charge on any atom is -0.295 e. The molecule has 1 aromatic carbocycles. The lowest BCUT2D eigenvalue weighted by atomic mass is 10.0. The normalized spacial score (nSPS) is 13.1. The molecule has 3 rings (SSSR count). The van der Waals surface area contributed by atoms with Gasteiger partial charge in [0.15, 0.2) is 5.13 Å². The first-order valence-corrected chi connectivity index (χ1v) is 7.41. The van der Waals surface area contributed by atoms with E-state index in [4.69, 9.17) is 0 Å². The van der Waals surface area contributed by atoms with Crippen molar-refractivity contribution in [3.8, 4) is 0 Å². The van der Waals surface area contributed by atoms with E-state index in [9.17, 15) is 9.59 Å². The number of anilines is 1. The van der Waals surface area contributed by atoms with Crippen LogP contribution in [0, 0.1) is 6.92 Å². The summed E-state index contributed by atoms with van der Waals surface area (Å²) >= 11 is 1.32. The van der Waals surface area contributed by atoms with Crippen LogP contribution in [0.2, 0.25) is 0 Å². The number of aromatic nitrogens is 1. The van der Waals surface area contributed by atoms with Crippen LogP contribution in [-0.2, 0) is 17.6 Å². The zero-order valence-corrected chi connectivity index (χ0v) is 11.9. The van der Waals surface area contributed by atoms with Gasteiger partial charge in [-0.05, 0) is 43.4 Å². The Morgan fingerprint density at radius 2 is 2.05 bits per heavy atom. The second-order valence-corrected chi connectivity index (χ2v) is 5.77. The van der Waals surface area contributed by atoms with Gasteiger partial charge >= 0.3 is 0 Å². The maximum Gasteiger partial charge on any atom is 0.298 e. The average Bonchev–Trinajstić information content (AvgIpc) is 3.05. The molecule has 0 bridgehead atoms. The highest BCUT2D eigenvalue weighted by molar-refractivity contribution is 7.14. The van der Waals surface area contributed by atoms with Gasteiger partial charge in [-0.25, -0.2) is 4.98 Å². The highest BCUT2D eigenvalue weighted by Crippen LogP contribution is 2.23. The number of benzene rings is 1. The number of hydrogen-bond donors (Lipinski definition) is 1. The summed E-state index contributed by atoms with van der Waals surface area (Å²) < 4.78 is 0. The fraction of sp³-hybridized carbons (Fsp3) is 0.267. The van der Waals surface area contributed by atoms with Crippen molar-refractivity contribution in [2.75, 3.05) is 5.32 Å². The minimum atomic E-state index is -0.628. The highest BCUT2D eigenvalue weighted by Gasteiger charge is 2.20. The van der Waals surface area contributed by atoms with Crippen molar-refractivity contribution in [3.05, 3.63) is 46.0 Å². The number of carbonyl (C=O) groups excluding carboxylic acids is 2. The SMILES string of the molecule is Cc1csc(NC(=O)C(=O)c2ccc3c(c2)CCC3)n1. The standard InChI is InChI=1S/C15H14N2O2S/c1-9-8-20-15(16-9)17-14(19)13(18)12-6-5-10-3-2-4-11(10)7-12/h5-8H,2-4H2,1H3,(H,16,17,19). The Morgan fingerprint density at radius 3 is 2.80 bits per heavy atom. The predicted octanol–water partition coefficient (Wildman–Crippen LogP) is 2.76. The zero-order chi connectivity index (χ0) is 14.1. The number of nitrogens with one attached hydrogen (secondary N) is 1. The number of hydrogen-bond acceptors (Lipinski definition) is 4. The molecule has 102 valence electrons. The molecule has 0 saturated heterocycles. The molecule has 0 radical (unpaired) electrons. The molecule has 1 aliphatic rings. The van der Waals surface area contributed by atoms with Crippen molar-refractivity contribution >= 4 is 28.2 Å². The molecule has 0 saturated carbocycles. The second-order valence-electron chi connectivity index (χ2n) is 4.91. The van der Waals surface area contributed by atoms with E-state index in [-0.39, 0.29) is 0 Å². The number of amides is 1. The van der Waals surface area contributed by atoms with E-state index < -0.39 is 11.7 Å². The number of ketones is 1. The fourth-order valence-corrected chi connectivity index (χ4v) is 3.09. The Hall–Kier alpha value is -2.01. The van der Waals surface area contributed by atoms with Gasteiger partial charge in [-0.3, -0.25) is 14.9 Å². The van der Waals surface area contributed by atoms with Gasteiger partial charge in [0.05, 0.1) is 5.69 Å². The van der Waals surface area contributed by atoms with E-state index >= 15 is 0 Å². The van der Waals surface area contributed by atoms with Crippen LogP contribution in [0.4, 0.5) is 5.13 Å². The molecule has 20 heavy (non-hydrogen) atoms. The van der Waals surface area contributed by atoms with Gasteiger partial charge in [-0.2, -0.15) is 0 Å². The first kappa shape index (κ1) is 13.0. The lowest BCUT2D eigenvalue weighted by molar-refractivity contribution is -0.112. The zero-order valence-electron chi connectivity index (χ0n) is 11.1. The maximum absolute atomic E-state index is 12.1. The third-order valence-corrected chi connectivity index (χ3v) is 4.28. The van der Waals surface area contributed by atoms with E-state index in [1.54, 1.807) is 6.07 Å². The molecule has 1 N–H and O–H groups in total. The van der Waals surface area contributed by atoms with E-state index in [0.717, 1.165) is 25.0 Å². The van der Waals surface area contributed by atoms with Crippen molar-refractivity contribution in [1.82, 2.24) is 4.98 Å². The summed E-state index contributed by atoms with van der Waals surface area (Å²) in [5.41, 5.74) is 3.76. The van der Waals surface area contributed by atoms with Crippen molar-refractivity contribution in [1.29, 1.82) is 0 Å². The van der Waals surface area contributed by atoms with Gasteiger partial charge in [-0.1, -0.05) is 12.1 Å². The summed E-state index contributed by atoms with van der Waals surface area (Å²) in [6, 6.07) is 5.53. The third-order valence-electron chi connectivity index (χ3n) is 3.41. The quantitative estimate of drug-likeness (QED) is 0.697. The van der Waals surface area contributed by atoms with Crippen LogP contribution < -0.4 is 5.32 Å². The van der Waals surface area contributed by atoms with Crippen LogP contribution in [0.3, 0.4) is 0 Å². The summed E-state index contributed by atoms with van der Waals surface area (Å²) in [6.07, 6.45) is 3.18. The van der Waals surface area contributed by atoms with Crippen molar-refractivity contribution in [3.63, 3.8) is 0 Å². The number of fused-ring (bicyclic) bond motifs is 1. The van der Waals surface area contributed by atoms with E-state index in [1.807, 2.05) is 24.4 Å². The van der Waals surface area contributed by atoms with Gasteiger partial charge in [-0.15, -0.1) is 11.3 Å². The smallest absolute Gasteiger partial charge is 0.295 e. The Labute approximate surface area is 120 Å². The molecule has 1 heterocycles. The largest absolute Gasteiger partial charge is 0.298 e. The van der Waals surface area contributed by atoms with Crippen LogP contribution in [0.5, 0.6) is 0 Å². The van der Waals surface area contributed by atoms with Gasteiger partial charge in [0.2, 0.25) is 0 Å². The molecule has 2 aromatic rings. The molecule has 0 spiro atoms. The molecule has 1 aliphatic carbocycles. The number of thiazole rings is 1. The summed E-state index contributed by atoms with van der Waals surface area (Å²) in [7, 11) is 0. The predicted molar refractivity (Wildman–Crippen MR) is 78.3 cm³/mol. The van der Waals surface area contributed by atoms with E-state index in [0.29, 0.717) is 10.7 Å². The van der Waals surface area contributed by atoms with Gasteiger partial charge < -0.3 is 0 Å². The lowest BCUT2D eigenvalue weighted by Crippen LogP contribution is -2.22. The molecule has 0 unspecified atom stereocenters. The second kappa shape index (κ2) is 5.17. The topological polar surface area (TPSA) is 59.1 Å². The van der Waals surface area contributed by atoms with E-state index in [1.165, 1.54) is 22.5 Å². The van der Waals surface area contributed by atoms with Crippen LogP contribution in [0.1, 0.15) is 33.6 Å². The van der Waals surface area contributed by atoms with Gasteiger partial charge in [0.25, 0.3) is 11.7 Å². The summed E-state index contributed by atoms with van der Waals surface area (Å²) in [4.78, 5) is 28.2. The number of carbonyl (C=O) groups is 2. The Bertz CT molecular complexity index is 691. The number of aryl methyl sites for hydroxylation is 3. The van der Waals surface area contributed by atoms with Crippen LogP contribution in [-0.4, -0.2) is 16.7 Å². The first-order chi connectivity index (χ1) is 9.63. The highest BCUT2D eigenvalue weighted by atomic mass is 32.1. The molecule has 1 aromatic heterocycles. The fourth-order valence-electron chi connectivity index (χ4n) is 2.41. The molecule has 0 atom stereocenters. The van der Waals surface area contributed by atoms with Crippen molar-refractivity contribution in [2.24, 2.45) is 0 Å². The lowest BCUT2D eigenvalue weighted by Gasteiger charge is -2.04. The molecule has 5 heteroatoms. The average molecular weight is 286 g/mol. The third kappa shape index (κ3) is 2.49. The molecule has 0 fully saturated rings. The maximum atomic E-state index is 12.1. The summed E-state index contributed by atoms with van der Waals surface area (Å²) in [6.45, 7) is 1.84. The van der Waals surface area contributed by atoms with Crippen LogP contribution >= 0.6 is 11.3 Å². The Kier molecular flexibility index (Phi) is 3.36. The van der Waals surface area contributed by atoms with Crippen LogP contribution in [0.25, 0.3) is 0 Å². The summed E-state index contributed by atoms with van der Waals surface area (Å²) in [5.74, 6) is -1.13. The van der Waals surface area contributed by atoms with Gasteiger partial charge in [0.1, 0.15) is 0 Å². The summed E-state index contributed by atoms with van der Waals surface area (Å²) in [5, 5.41) is 4.84. The minimum absolute atomic E-state index is 0.455. The number of nitrogens with zero attached hydrogens (tertiary/aromatic N) is 1. The van der Waals surface area contributed by atoms with Crippen LogP contribution in [0.15, 0.2) is 23.6 Å². The molecular formula is C15H14N2O2S. The first-order valence-electron chi connectivity index (χ1n) is 6.53. The molecule has 1 amide bonds. The monoisotopic (exact) mass is 286 g/mol. The van der Waals surface area contributed by atoms with Crippen molar-refractivity contribution < 1.29 is 9.59 Å². The molecule has 0 aliphatic heterocycles. The Balaban J connectivity index is 1.76. The number of Topliss-reactive ketones (excluding diaryl/α,β-unsaturated/α-hetero) is 1. The van der Waals surface area contributed by atoms with Crippen molar-refractivity contribution in [2.45, 2.75) is 26.2 Å². The van der Waals surface area contributed by atoms with E-state index in [2.05, 4.69) is 10.3 Å². The molecule has 4 nitrogen and oxygen atoms in total.